The van der Waals surface area contributed by atoms with Crippen LogP contribution in [0.25, 0.3) is 0 Å². The van der Waals surface area contributed by atoms with Gasteiger partial charge in [0, 0.05) is 29.3 Å². The van der Waals surface area contributed by atoms with Gasteiger partial charge < -0.3 is 15.5 Å². The van der Waals surface area contributed by atoms with Gasteiger partial charge in [0.05, 0.1) is 24.2 Å². The number of aliphatic hydroxyl groups is 1. The molecule has 4 N–H and O–H groups in total. The molecule has 150 valence electrons. The molecule has 0 radical (unpaired) electrons. The van der Waals surface area contributed by atoms with Gasteiger partial charge in [0.2, 0.25) is 0 Å². The molecule has 4 rings (SSSR count). The molecule has 0 unspecified atom stereocenters. The van der Waals surface area contributed by atoms with Crippen LogP contribution in [0.2, 0.25) is 0 Å². The number of carbonyl (C=O) groups is 1. The van der Waals surface area contributed by atoms with E-state index in [1.54, 1.807) is 18.0 Å². The number of hydrogen-bond donors (Lipinski definition) is 4. The molecular weight excluding hydrogens is 360 g/mol. The van der Waals surface area contributed by atoms with Crippen LogP contribution in [0.15, 0.2) is 18.5 Å². The maximum Gasteiger partial charge on any atom is 0.408 e. The number of nitrogens with one attached hydrogen (secondary N) is 2. The zero-order valence-electron chi connectivity index (χ0n) is 16.1. The Hall–Kier alpha value is -2.68. The minimum Gasteiger partial charge on any atom is -0.465 e. The van der Waals surface area contributed by atoms with Crippen LogP contribution < -0.4 is 5.32 Å². The number of aromatic amines is 1. The van der Waals surface area contributed by atoms with Crippen LogP contribution in [0, 0.1) is 0 Å². The van der Waals surface area contributed by atoms with E-state index in [1.165, 1.54) is 6.20 Å². The molecule has 9 nitrogen and oxygen atoms in total. The van der Waals surface area contributed by atoms with Gasteiger partial charge in [-0.05, 0) is 46.0 Å². The van der Waals surface area contributed by atoms with E-state index in [4.69, 9.17) is 0 Å². The number of carboxylic acid groups (broad SMARTS) is 1. The summed E-state index contributed by atoms with van der Waals surface area (Å²) < 4.78 is 0. The third-order valence-corrected chi connectivity index (χ3v) is 5.92. The van der Waals surface area contributed by atoms with E-state index in [1.807, 2.05) is 13.0 Å². The molecule has 2 saturated carbocycles. The molecule has 1 amide bonds. The molecule has 2 aromatic heterocycles. The molecule has 0 spiro atoms. The smallest absolute Gasteiger partial charge is 0.408 e. The van der Waals surface area contributed by atoms with Crippen LogP contribution >= 0.6 is 0 Å². The minimum absolute atomic E-state index is 0.0635. The van der Waals surface area contributed by atoms with Crippen molar-refractivity contribution in [2.24, 2.45) is 0 Å². The maximum atomic E-state index is 11.8. The normalized spacial score (nSPS) is 24.0. The fourth-order valence-corrected chi connectivity index (χ4v) is 4.08. The molecule has 2 fully saturated rings. The first-order valence-electron chi connectivity index (χ1n) is 9.70. The summed E-state index contributed by atoms with van der Waals surface area (Å²) in [6.07, 6.45) is 6.15. The van der Waals surface area contributed by atoms with E-state index in [2.05, 4.69) is 25.5 Å². The Labute approximate surface area is 163 Å². The third-order valence-electron chi connectivity index (χ3n) is 5.92. The van der Waals surface area contributed by atoms with Gasteiger partial charge in [-0.3, -0.25) is 15.0 Å². The van der Waals surface area contributed by atoms with Crippen LogP contribution in [0.3, 0.4) is 0 Å². The quantitative estimate of drug-likeness (QED) is 0.600. The van der Waals surface area contributed by atoms with Gasteiger partial charge in [0.15, 0.2) is 5.82 Å². The van der Waals surface area contributed by atoms with Crippen LogP contribution in [-0.4, -0.2) is 53.0 Å². The predicted octanol–water partition coefficient (Wildman–Crippen LogP) is 3.17. The van der Waals surface area contributed by atoms with Gasteiger partial charge in [0.25, 0.3) is 0 Å². The molecule has 0 saturated heterocycles. The Kier molecular flexibility index (Phi) is 4.70. The average Bonchev–Trinajstić information content (AvgIpc) is 3.05. The number of aromatic nitrogens is 4. The lowest BCUT2D eigenvalue weighted by atomic mass is 10.0. The molecule has 2 aliphatic carbocycles. The molecule has 28 heavy (non-hydrogen) atoms. The van der Waals surface area contributed by atoms with Crippen molar-refractivity contribution in [2.75, 3.05) is 5.32 Å². The van der Waals surface area contributed by atoms with E-state index in [0.29, 0.717) is 17.3 Å². The van der Waals surface area contributed by atoms with E-state index < -0.39 is 12.2 Å². The standard InChI is InChI=1S/C19H26N6O3/c1-11(26)15-9-21-17(10-20-15)22-16-8-14(23-24-16)12-3-4-13(7-12)25(18(27)28)19(2)5-6-19/h8-13,26H,3-7H2,1-2H3,(H,27,28)(H2,21,22,23,24)/t11-,12+,13-/m1/s1. The Morgan fingerprint density at radius 1 is 1.32 bits per heavy atom. The highest BCUT2D eigenvalue weighted by Crippen LogP contribution is 2.47. The second-order valence-corrected chi connectivity index (χ2v) is 8.15. The summed E-state index contributed by atoms with van der Waals surface area (Å²) in [5.74, 6) is 1.45. The fourth-order valence-electron chi connectivity index (χ4n) is 4.08. The lowest BCUT2D eigenvalue weighted by Crippen LogP contribution is -2.45. The number of anilines is 2. The molecule has 0 aromatic carbocycles. The second-order valence-electron chi connectivity index (χ2n) is 8.15. The van der Waals surface area contributed by atoms with Crippen molar-refractivity contribution in [3.63, 3.8) is 0 Å². The van der Waals surface area contributed by atoms with Crippen LogP contribution in [0.1, 0.15) is 69.4 Å². The van der Waals surface area contributed by atoms with Gasteiger partial charge in [-0.1, -0.05) is 0 Å². The first-order valence-corrected chi connectivity index (χ1v) is 9.70. The van der Waals surface area contributed by atoms with E-state index in [0.717, 1.165) is 37.8 Å². The number of H-pyrrole nitrogens is 1. The van der Waals surface area contributed by atoms with Gasteiger partial charge in [-0.15, -0.1) is 0 Å². The number of rotatable bonds is 6. The van der Waals surface area contributed by atoms with Crippen LogP contribution in [-0.2, 0) is 0 Å². The Balaban J connectivity index is 1.40. The summed E-state index contributed by atoms with van der Waals surface area (Å²) in [5.41, 5.74) is 1.34. The number of aliphatic hydroxyl groups excluding tert-OH is 1. The molecule has 0 aliphatic heterocycles. The minimum atomic E-state index is -0.808. The van der Waals surface area contributed by atoms with Crippen molar-refractivity contribution < 1.29 is 15.0 Å². The average molecular weight is 386 g/mol. The van der Waals surface area contributed by atoms with E-state index in [9.17, 15) is 15.0 Å². The Bertz CT molecular complexity index is 846. The highest BCUT2D eigenvalue weighted by Gasteiger charge is 2.50. The monoisotopic (exact) mass is 386 g/mol. The highest BCUT2D eigenvalue weighted by atomic mass is 16.4. The predicted molar refractivity (Wildman–Crippen MR) is 102 cm³/mol. The third kappa shape index (κ3) is 3.66. The zero-order valence-corrected chi connectivity index (χ0v) is 16.1. The first-order chi connectivity index (χ1) is 13.4. The van der Waals surface area contributed by atoms with Crippen molar-refractivity contribution in [3.05, 3.63) is 29.8 Å². The lowest BCUT2D eigenvalue weighted by molar-refractivity contribution is 0.0955. The molecule has 2 aromatic rings. The van der Waals surface area contributed by atoms with Gasteiger partial charge in [-0.2, -0.15) is 5.10 Å². The summed E-state index contributed by atoms with van der Waals surface area (Å²) in [7, 11) is 0. The molecule has 0 bridgehead atoms. The summed E-state index contributed by atoms with van der Waals surface area (Å²) in [6.45, 7) is 3.68. The van der Waals surface area contributed by atoms with Gasteiger partial charge in [0.1, 0.15) is 5.82 Å². The number of amides is 1. The largest absolute Gasteiger partial charge is 0.465 e. The second kappa shape index (κ2) is 7.05. The Morgan fingerprint density at radius 3 is 2.71 bits per heavy atom. The van der Waals surface area contributed by atoms with Crippen LogP contribution in [0.4, 0.5) is 16.4 Å². The number of nitrogens with zero attached hydrogens (tertiary/aromatic N) is 4. The summed E-state index contributed by atoms with van der Waals surface area (Å²) in [4.78, 5) is 21.8. The van der Waals surface area contributed by atoms with E-state index >= 15 is 0 Å². The summed E-state index contributed by atoms with van der Waals surface area (Å²) >= 11 is 0. The fraction of sp³-hybridized carbons (Fsp3) is 0.579. The molecule has 2 aliphatic rings. The van der Waals surface area contributed by atoms with Gasteiger partial charge in [-0.25, -0.2) is 9.78 Å². The number of hydrogen-bond acceptors (Lipinski definition) is 6. The van der Waals surface area contributed by atoms with Crippen LogP contribution in [0.5, 0.6) is 0 Å². The lowest BCUT2D eigenvalue weighted by Gasteiger charge is -2.32. The Morgan fingerprint density at radius 2 is 2.11 bits per heavy atom. The molecular formula is C19H26N6O3. The highest BCUT2D eigenvalue weighted by molar-refractivity contribution is 5.67. The topological polar surface area (TPSA) is 127 Å². The SMILES string of the molecule is C[C@@H](O)c1cnc(Nc2cc([C@H]3CC[C@@H](N(C(=O)O)C4(C)CC4)C3)[nH]n2)cn1. The zero-order chi connectivity index (χ0) is 19.9. The summed E-state index contributed by atoms with van der Waals surface area (Å²) in [5, 5.41) is 29.6. The maximum absolute atomic E-state index is 11.8. The van der Waals surface area contributed by atoms with Crippen molar-refractivity contribution in [1.29, 1.82) is 0 Å². The van der Waals surface area contributed by atoms with Gasteiger partial charge >= 0.3 is 6.09 Å². The van der Waals surface area contributed by atoms with Crippen molar-refractivity contribution in [2.45, 2.75) is 69.6 Å². The van der Waals surface area contributed by atoms with E-state index in [-0.39, 0.29) is 17.5 Å². The molecule has 3 atom stereocenters. The van der Waals surface area contributed by atoms with Crippen molar-refractivity contribution in [1.82, 2.24) is 25.1 Å². The summed E-state index contributed by atoms with van der Waals surface area (Å²) in [6, 6.07) is 2.01. The van der Waals surface area contributed by atoms with Crippen molar-refractivity contribution in [3.8, 4) is 0 Å². The first kappa shape index (κ1) is 18.7. The molecule has 9 heteroatoms. The molecule has 2 heterocycles. The van der Waals surface area contributed by atoms with Crippen molar-refractivity contribution >= 4 is 17.7 Å².